The number of esters is 1. The highest BCUT2D eigenvalue weighted by atomic mass is 31.2. The standard InChI is InChI=1S/C67H125N2O7P/c1-7-10-13-16-19-22-25-28-30-32-34-36-38-41-44-47-50-53-56-59-66(70)68-64(63-75-77(72,73)74-62-61-69(4,5)6)65(58-55-52-49-46-43-40-27-24-21-18-15-12-9-3)76-67(71)60-57-54-51-48-45-42-39-37-35-33-31-29-26-23-20-17-14-11-8-2/h19,22,28-31,34,36,55,58,64-65H,7-18,20-21,23-27,32-33,35,37-54,56-57,59-63H2,1-6H3,(H-,68,70,72,73)/b22-19-,30-28-,31-29+,36-34-,58-55+. The fourth-order valence-corrected chi connectivity index (χ4v) is 10.1. The van der Waals surface area contributed by atoms with Crippen LogP contribution in [-0.4, -0.2) is 69.4 Å². The van der Waals surface area contributed by atoms with Crippen molar-refractivity contribution >= 4 is 19.7 Å². The molecule has 0 bridgehead atoms. The van der Waals surface area contributed by atoms with Gasteiger partial charge < -0.3 is 28.5 Å². The third kappa shape index (κ3) is 58.2. The molecule has 0 spiro atoms. The van der Waals surface area contributed by atoms with E-state index < -0.39 is 26.6 Å². The van der Waals surface area contributed by atoms with E-state index in [9.17, 15) is 19.0 Å². The largest absolute Gasteiger partial charge is 0.756 e. The Balaban J connectivity index is 5.26. The summed E-state index contributed by atoms with van der Waals surface area (Å²) in [5, 5.41) is 3.03. The number of amides is 1. The molecule has 3 unspecified atom stereocenters. The van der Waals surface area contributed by atoms with Crippen LogP contribution in [0.2, 0.25) is 0 Å². The van der Waals surface area contributed by atoms with Gasteiger partial charge in [-0.3, -0.25) is 14.2 Å². The number of ether oxygens (including phenoxy) is 1. The van der Waals surface area contributed by atoms with E-state index >= 15 is 0 Å². The number of hydrogen-bond donors (Lipinski definition) is 1. The summed E-state index contributed by atoms with van der Waals surface area (Å²) in [5.41, 5.74) is 0. The molecule has 450 valence electrons. The minimum Gasteiger partial charge on any atom is -0.756 e. The molecule has 0 aliphatic carbocycles. The van der Waals surface area contributed by atoms with E-state index in [0.29, 0.717) is 17.4 Å². The fraction of sp³-hybridized carbons (Fsp3) is 0.821. The summed E-state index contributed by atoms with van der Waals surface area (Å²) < 4.78 is 30.4. The van der Waals surface area contributed by atoms with Gasteiger partial charge in [-0.15, -0.1) is 0 Å². The second-order valence-corrected chi connectivity index (χ2v) is 24.7. The zero-order chi connectivity index (χ0) is 56.4. The maximum atomic E-state index is 13.6. The quantitative estimate of drug-likeness (QED) is 0.0212. The summed E-state index contributed by atoms with van der Waals surface area (Å²) in [7, 11) is 1.18. The Morgan fingerprint density at radius 3 is 1.22 bits per heavy atom. The predicted molar refractivity (Wildman–Crippen MR) is 330 cm³/mol. The first-order chi connectivity index (χ1) is 37.4. The average Bonchev–Trinajstić information content (AvgIpc) is 3.39. The second kappa shape index (κ2) is 57.0. The van der Waals surface area contributed by atoms with Gasteiger partial charge >= 0.3 is 5.97 Å². The van der Waals surface area contributed by atoms with E-state index in [1.807, 2.05) is 33.3 Å². The number of hydrogen-bond acceptors (Lipinski definition) is 7. The molecule has 0 aromatic heterocycles. The number of nitrogens with one attached hydrogen (secondary N) is 1. The number of quaternary nitrogens is 1. The van der Waals surface area contributed by atoms with E-state index in [1.54, 1.807) is 0 Å². The lowest BCUT2D eigenvalue weighted by molar-refractivity contribution is -0.870. The molecule has 1 amide bonds. The lowest BCUT2D eigenvalue weighted by Gasteiger charge is -2.30. The molecule has 10 heteroatoms. The molecule has 0 saturated carbocycles. The van der Waals surface area contributed by atoms with Gasteiger partial charge in [0, 0.05) is 12.8 Å². The number of carbonyl (C=O) groups excluding carboxylic acids is 2. The Bertz CT molecular complexity index is 1500. The lowest BCUT2D eigenvalue weighted by Crippen LogP contribution is -2.47. The summed E-state index contributed by atoms with van der Waals surface area (Å²) in [5.74, 6) is -0.550. The summed E-state index contributed by atoms with van der Waals surface area (Å²) >= 11 is 0. The van der Waals surface area contributed by atoms with Crippen molar-refractivity contribution < 1.29 is 37.3 Å². The molecule has 0 aliphatic rings. The highest BCUT2D eigenvalue weighted by Crippen LogP contribution is 2.38. The Morgan fingerprint density at radius 2 is 0.792 bits per heavy atom. The van der Waals surface area contributed by atoms with Gasteiger partial charge in [0.1, 0.15) is 19.3 Å². The number of likely N-dealkylation sites (N-methyl/N-ethyl adjacent to an activating group) is 1. The van der Waals surface area contributed by atoms with Gasteiger partial charge in [-0.1, -0.05) is 255 Å². The molecule has 0 rings (SSSR count). The summed E-state index contributed by atoms with van der Waals surface area (Å²) in [4.78, 5) is 40.1. The number of allylic oxidation sites excluding steroid dienone is 9. The highest BCUT2D eigenvalue weighted by Gasteiger charge is 2.27. The zero-order valence-corrected chi connectivity index (χ0v) is 52.3. The maximum Gasteiger partial charge on any atom is 0.306 e. The Labute approximate surface area is 477 Å². The minimum atomic E-state index is -4.71. The molecular weight excluding hydrogens is 976 g/mol. The van der Waals surface area contributed by atoms with Crippen LogP contribution in [-0.2, 0) is 27.9 Å². The number of nitrogens with zero attached hydrogens (tertiary/aromatic N) is 1. The smallest absolute Gasteiger partial charge is 0.306 e. The molecule has 0 radical (unpaired) electrons. The highest BCUT2D eigenvalue weighted by molar-refractivity contribution is 7.45. The van der Waals surface area contributed by atoms with Crippen LogP contribution < -0.4 is 10.2 Å². The Hall–Kier alpha value is -2.29. The number of carbonyl (C=O) groups is 2. The summed E-state index contributed by atoms with van der Waals surface area (Å²) in [6.07, 6.45) is 71.8. The molecular formula is C67H125N2O7P. The van der Waals surface area contributed by atoms with Crippen molar-refractivity contribution in [2.45, 2.75) is 315 Å². The third-order valence-corrected chi connectivity index (χ3v) is 15.4. The van der Waals surface area contributed by atoms with Gasteiger partial charge in [0.05, 0.1) is 33.8 Å². The van der Waals surface area contributed by atoms with Gasteiger partial charge in [0.2, 0.25) is 5.91 Å². The van der Waals surface area contributed by atoms with Crippen LogP contribution in [0.1, 0.15) is 303 Å². The van der Waals surface area contributed by atoms with Gasteiger partial charge in [-0.25, -0.2) is 0 Å². The van der Waals surface area contributed by atoms with Crippen molar-refractivity contribution in [3.05, 3.63) is 60.8 Å². The van der Waals surface area contributed by atoms with Gasteiger partial charge in [-0.2, -0.15) is 0 Å². The summed E-state index contributed by atoms with van der Waals surface area (Å²) in [6, 6.07) is -0.897. The van der Waals surface area contributed by atoms with Crippen LogP contribution in [0.4, 0.5) is 0 Å². The van der Waals surface area contributed by atoms with E-state index in [1.165, 1.54) is 173 Å². The van der Waals surface area contributed by atoms with Crippen LogP contribution in [0.25, 0.3) is 0 Å². The molecule has 1 N–H and O–H groups in total. The first-order valence-electron chi connectivity index (χ1n) is 32.6. The van der Waals surface area contributed by atoms with Crippen molar-refractivity contribution in [3.8, 4) is 0 Å². The number of phosphoric ester groups is 1. The van der Waals surface area contributed by atoms with Crippen LogP contribution in [0, 0.1) is 0 Å². The number of rotatable bonds is 59. The Kier molecular flexibility index (Phi) is 55.3. The average molecular weight is 1100 g/mol. The van der Waals surface area contributed by atoms with Crippen LogP contribution >= 0.6 is 7.82 Å². The molecule has 0 aliphatic heterocycles. The normalized spacial score (nSPS) is 14.0. The molecule has 9 nitrogen and oxygen atoms in total. The SMILES string of the molecule is CCCCC/C=C\C/C=C\C/C=C\CCCCCCCCC(=O)NC(COP(=O)([O-])OCC[N+](C)(C)C)C(/C=C/CCCCCCCCCCCCC)OC(=O)CCCCCCCCCCC/C=C/CCCCCCCC. The minimum absolute atomic E-state index is 0.0261. The second-order valence-electron chi connectivity index (χ2n) is 23.3. The van der Waals surface area contributed by atoms with Crippen LogP contribution in [0.3, 0.4) is 0 Å². The molecule has 0 aromatic carbocycles. The third-order valence-electron chi connectivity index (χ3n) is 14.4. The van der Waals surface area contributed by atoms with Crippen molar-refractivity contribution in [3.63, 3.8) is 0 Å². The molecule has 77 heavy (non-hydrogen) atoms. The number of unbranched alkanes of at least 4 members (excludes halogenated alkanes) is 35. The van der Waals surface area contributed by atoms with E-state index in [-0.39, 0.29) is 24.9 Å². The van der Waals surface area contributed by atoms with Gasteiger partial charge in [0.25, 0.3) is 7.82 Å². The van der Waals surface area contributed by atoms with Crippen molar-refractivity contribution in [2.75, 3.05) is 40.9 Å². The van der Waals surface area contributed by atoms with Crippen molar-refractivity contribution in [2.24, 2.45) is 0 Å². The molecule has 0 aromatic rings. The first kappa shape index (κ1) is 74.7. The van der Waals surface area contributed by atoms with E-state index in [2.05, 4.69) is 74.7 Å². The molecule has 0 saturated heterocycles. The topological polar surface area (TPSA) is 114 Å². The molecule has 3 atom stereocenters. The monoisotopic (exact) mass is 1100 g/mol. The van der Waals surface area contributed by atoms with Gasteiger partial charge in [0.15, 0.2) is 0 Å². The Morgan fingerprint density at radius 1 is 0.455 bits per heavy atom. The number of phosphoric acid groups is 1. The molecule has 0 fully saturated rings. The van der Waals surface area contributed by atoms with E-state index in [0.717, 1.165) is 96.3 Å². The van der Waals surface area contributed by atoms with Crippen LogP contribution in [0.5, 0.6) is 0 Å². The first-order valence-corrected chi connectivity index (χ1v) is 34.1. The zero-order valence-electron chi connectivity index (χ0n) is 51.4. The van der Waals surface area contributed by atoms with Crippen molar-refractivity contribution in [1.82, 2.24) is 5.32 Å². The lowest BCUT2D eigenvalue weighted by atomic mass is 10.0. The van der Waals surface area contributed by atoms with Crippen LogP contribution in [0.15, 0.2) is 60.8 Å². The maximum absolute atomic E-state index is 13.6. The predicted octanol–water partition coefficient (Wildman–Crippen LogP) is 19.6. The fourth-order valence-electron chi connectivity index (χ4n) is 9.35. The summed E-state index contributed by atoms with van der Waals surface area (Å²) in [6.45, 7) is 6.83. The molecule has 0 heterocycles. The van der Waals surface area contributed by atoms with E-state index in [4.69, 9.17) is 13.8 Å². The van der Waals surface area contributed by atoms with Gasteiger partial charge in [-0.05, 0) is 96.0 Å². The van der Waals surface area contributed by atoms with Crippen molar-refractivity contribution in [1.29, 1.82) is 0 Å².